The fourth-order valence-corrected chi connectivity index (χ4v) is 3.87. The summed E-state index contributed by atoms with van der Waals surface area (Å²) in [5, 5.41) is 15.6. The number of benzene rings is 1. The number of β-amino-alcohol motifs (C(OH)–C–C–N with tert-alkyl or cyclic N) is 1. The minimum atomic E-state index is -0.713. The first-order valence-corrected chi connectivity index (χ1v) is 9.33. The summed E-state index contributed by atoms with van der Waals surface area (Å²) in [6, 6.07) is 12.6. The highest BCUT2D eigenvalue weighted by atomic mass is 35.5. The number of hydrogen-bond acceptors (Lipinski definition) is 4. The van der Waals surface area contributed by atoms with E-state index in [0.29, 0.717) is 41.2 Å². The molecule has 1 aromatic carbocycles. The van der Waals surface area contributed by atoms with Gasteiger partial charge in [0, 0.05) is 11.1 Å². The molecule has 0 spiro atoms. The Hall–Kier alpha value is -2.57. The van der Waals surface area contributed by atoms with Crippen molar-refractivity contribution in [3.05, 3.63) is 59.4 Å². The second-order valence-corrected chi connectivity index (χ2v) is 7.76. The molecule has 7 heteroatoms. The number of amides is 1. The lowest BCUT2D eigenvalue weighted by atomic mass is 9.88. The third-order valence-corrected chi connectivity index (χ3v) is 5.54. The summed E-state index contributed by atoms with van der Waals surface area (Å²) in [4.78, 5) is 14.5. The molecule has 0 radical (unpaired) electrons. The molecule has 2 aromatic heterocycles. The van der Waals surface area contributed by atoms with Crippen LogP contribution >= 0.6 is 11.6 Å². The number of rotatable bonds is 4. The van der Waals surface area contributed by atoms with Gasteiger partial charge in [-0.3, -0.25) is 4.79 Å². The summed E-state index contributed by atoms with van der Waals surface area (Å²) >= 11 is 6.12. The zero-order valence-corrected chi connectivity index (χ0v) is 15.3. The fraction of sp³-hybridized carbons (Fsp3) is 0.300. The van der Waals surface area contributed by atoms with Crippen molar-refractivity contribution in [2.24, 2.45) is 5.92 Å². The summed E-state index contributed by atoms with van der Waals surface area (Å²) in [7, 11) is 0. The van der Waals surface area contributed by atoms with Gasteiger partial charge in [0.25, 0.3) is 5.91 Å². The molecular formula is C20H18ClN3O3. The Morgan fingerprint density at radius 2 is 2.04 bits per heavy atom. The minimum Gasteiger partial charge on any atom is -0.463 e. The highest BCUT2D eigenvalue weighted by molar-refractivity contribution is 6.30. The largest absolute Gasteiger partial charge is 0.463 e. The summed E-state index contributed by atoms with van der Waals surface area (Å²) in [5.41, 5.74) is 1.02. The fourth-order valence-electron chi connectivity index (χ4n) is 3.69. The number of nitrogens with zero attached hydrogens (tertiary/aromatic N) is 3. The number of carbonyl (C=O) groups is 1. The molecule has 0 bridgehead atoms. The lowest BCUT2D eigenvalue weighted by Gasteiger charge is -2.46. The molecule has 1 saturated heterocycles. The van der Waals surface area contributed by atoms with Gasteiger partial charge in [-0.25, -0.2) is 4.68 Å². The predicted molar refractivity (Wildman–Crippen MR) is 99.9 cm³/mol. The van der Waals surface area contributed by atoms with Crippen molar-refractivity contribution < 1.29 is 14.3 Å². The van der Waals surface area contributed by atoms with Crippen LogP contribution in [-0.2, 0) is 0 Å². The van der Waals surface area contributed by atoms with E-state index in [1.807, 2.05) is 18.2 Å². The average Bonchev–Trinajstić information content (AvgIpc) is 3.17. The van der Waals surface area contributed by atoms with Gasteiger partial charge in [-0.2, -0.15) is 5.10 Å². The van der Waals surface area contributed by atoms with Crippen LogP contribution in [-0.4, -0.2) is 44.4 Å². The van der Waals surface area contributed by atoms with Crippen LogP contribution in [0.3, 0.4) is 0 Å². The van der Waals surface area contributed by atoms with Crippen LogP contribution in [0.15, 0.2) is 53.1 Å². The SMILES string of the molecule is O=C(c1cc(-c2ccco2)n(-c2cccc(Cl)c2)n1)N1CC(O)(C2CC2)C1. The molecule has 2 aliphatic rings. The van der Waals surface area contributed by atoms with Crippen LogP contribution in [0.1, 0.15) is 23.3 Å². The van der Waals surface area contributed by atoms with Crippen molar-refractivity contribution in [3.63, 3.8) is 0 Å². The Bertz CT molecular complexity index is 1000. The molecule has 1 aliphatic heterocycles. The molecule has 3 heterocycles. The summed E-state index contributed by atoms with van der Waals surface area (Å²) in [6.45, 7) is 0.743. The number of carbonyl (C=O) groups excluding carboxylic acids is 1. The van der Waals surface area contributed by atoms with Crippen LogP contribution in [0.25, 0.3) is 17.1 Å². The number of aromatic nitrogens is 2. The van der Waals surface area contributed by atoms with E-state index in [4.69, 9.17) is 16.0 Å². The van der Waals surface area contributed by atoms with Crippen molar-refractivity contribution in [2.45, 2.75) is 18.4 Å². The van der Waals surface area contributed by atoms with E-state index in [0.717, 1.165) is 18.5 Å². The van der Waals surface area contributed by atoms with E-state index in [-0.39, 0.29) is 5.91 Å². The van der Waals surface area contributed by atoms with E-state index in [2.05, 4.69) is 5.10 Å². The Labute approximate surface area is 161 Å². The predicted octanol–water partition coefficient (Wildman–Crippen LogP) is 3.38. The van der Waals surface area contributed by atoms with Crippen molar-refractivity contribution >= 4 is 17.5 Å². The molecule has 6 nitrogen and oxygen atoms in total. The molecule has 0 atom stereocenters. The van der Waals surface area contributed by atoms with Crippen molar-refractivity contribution in [1.82, 2.24) is 14.7 Å². The molecular weight excluding hydrogens is 366 g/mol. The highest BCUT2D eigenvalue weighted by Crippen LogP contribution is 2.44. The number of likely N-dealkylation sites (tertiary alicyclic amines) is 1. The second kappa shape index (κ2) is 5.97. The van der Waals surface area contributed by atoms with Crippen LogP contribution in [0.2, 0.25) is 5.02 Å². The molecule has 1 amide bonds. The molecule has 1 saturated carbocycles. The Balaban J connectivity index is 1.49. The number of furan rings is 1. The molecule has 138 valence electrons. The maximum Gasteiger partial charge on any atom is 0.274 e. The van der Waals surface area contributed by atoms with Gasteiger partial charge in [0.15, 0.2) is 11.5 Å². The molecule has 3 aromatic rings. The normalized spacial score (nSPS) is 18.4. The van der Waals surface area contributed by atoms with Crippen LogP contribution in [0.4, 0.5) is 0 Å². The van der Waals surface area contributed by atoms with E-state index in [1.54, 1.807) is 40.1 Å². The lowest BCUT2D eigenvalue weighted by Crippen LogP contribution is -2.64. The summed E-state index contributed by atoms with van der Waals surface area (Å²) in [6.07, 6.45) is 3.67. The Morgan fingerprint density at radius 3 is 2.70 bits per heavy atom. The van der Waals surface area contributed by atoms with Crippen molar-refractivity contribution in [1.29, 1.82) is 0 Å². The Kier molecular flexibility index (Phi) is 3.67. The second-order valence-electron chi connectivity index (χ2n) is 7.32. The molecule has 5 rings (SSSR count). The van der Waals surface area contributed by atoms with Crippen molar-refractivity contribution in [2.75, 3.05) is 13.1 Å². The minimum absolute atomic E-state index is 0.186. The van der Waals surface area contributed by atoms with E-state index < -0.39 is 5.60 Å². The van der Waals surface area contributed by atoms with Crippen molar-refractivity contribution in [3.8, 4) is 17.1 Å². The molecule has 27 heavy (non-hydrogen) atoms. The van der Waals surface area contributed by atoms with Gasteiger partial charge in [0.05, 0.1) is 25.0 Å². The Morgan fingerprint density at radius 1 is 1.22 bits per heavy atom. The smallest absolute Gasteiger partial charge is 0.274 e. The van der Waals surface area contributed by atoms with E-state index in [9.17, 15) is 9.90 Å². The maximum absolute atomic E-state index is 12.9. The van der Waals surface area contributed by atoms with Crippen LogP contribution < -0.4 is 0 Å². The van der Waals surface area contributed by atoms with E-state index in [1.165, 1.54) is 0 Å². The monoisotopic (exact) mass is 383 g/mol. The van der Waals surface area contributed by atoms with Gasteiger partial charge in [0.1, 0.15) is 11.3 Å². The van der Waals surface area contributed by atoms with Gasteiger partial charge in [0.2, 0.25) is 0 Å². The first-order valence-electron chi connectivity index (χ1n) is 8.95. The zero-order chi connectivity index (χ0) is 18.6. The van der Waals surface area contributed by atoms with E-state index >= 15 is 0 Å². The summed E-state index contributed by atoms with van der Waals surface area (Å²) in [5.74, 6) is 0.762. The molecule has 0 unspecified atom stereocenters. The summed E-state index contributed by atoms with van der Waals surface area (Å²) < 4.78 is 7.18. The molecule has 2 fully saturated rings. The molecule has 1 N–H and O–H groups in total. The standard InChI is InChI=1S/C20H18ClN3O3/c21-14-3-1-4-15(9-14)24-17(18-5-2-8-27-18)10-16(22-24)19(25)23-11-20(26,12-23)13-6-7-13/h1-5,8-10,13,26H,6-7,11-12H2. The molecule has 1 aliphatic carbocycles. The number of hydrogen-bond donors (Lipinski definition) is 1. The first kappa shape index (κ1) is 16.6. The maximum atomic E-state index is 12.9. The van der Waals surface area contributed by atoms with Gasteiger partial charge >= 0.3 is 0 Å². The number of aliphatic hydroxyl groups is 1. The van der Waals surface area contributed by atoms with Gasteiger partial charge < -0.3 is 14.4 Å². The van der Waals surface area contributed by atoms with Gasteiger partial charge in [-0.15, -0.1) is 0 Å². The van der Waals surface area contributed by atoms with Gasteiger partial charge in [-0.1, -0.05) is 17.7 Å². The van der Waals surface area contributed by atoms with Crippen LogP contribution in [0, 0.1) is 5.92 Å². The third kappa shape index (κ3) is 2.85. The number of halogens is 1. The van der Waals surface area contributed by atoms with Gasteiger partial charge in [-0.05, 0) is 49.1 Å². The first-order chi connectivity index (χ1) is 13.0. The topological polar surface area (TPSA) is 71.5 Å². The average molecular weight is 384 g/mol. The lowest BCUT2D eigenvalue weighted by molar-refractivity contribution is -0.0959. The zero-order valence-electron chi connectivity index (χ0n) is 14.5. The highest BCUT2D eigenvalue weighted by Gasteiger charge is 2.53. The third-order valence-electron chi connectivity index (χ3n) is 5.31. The quantitative estimate of drug-likeness (QED) is 0.749. The van der Waals surface area contributed by atoms with Crippen LogP contribution in [0.5, 0.6) is 0 Å².